The Bertz CT molecular complexity index is 579. The maximum absolute atomic E-state index is 10.3. The minimum absolute atomic E-state index is 0.253. The first kappa shape index (κ1) is 14.0. The van der Waals surface area contributed by atoms with E-state index in [1.165, 1.54) is 6.08 Å². The first-order valence-electron chi connectivity index (χ1n) is 5.52. The second-order valence-corrected chi connectivity index (χ2v) is 7.08. The summed E-state index contributed by atoms with van der Waals surface area (Å²) in [6.45, 7) is 0. The average Bonchev–Trinajstić information content (AvgIpc) is 2.67. The quantitative estimate of drug-likeness (QED) is 0.384. The van der Waals surface area contributed by atoms with Gasteiger partial charge in [0.15, 0.2) is 0 Å². The molecule has 0 saturated heterocycles. The lowest BCUT2D eigenvalue weighted by molar-refractivity contribution is -0.104. The van der Waals surface area contributed by atoms with Crippen molar-refractivity contribution in [2.45, 2.75) is 4.90 Å². The van der Waals surface area contributed by atoms with Gasteiger partial charge in [-0.25, -0.2) is 0 Å². The molecule has 0 fully saturated rings. The maximum atomic E-state index is 10.3. The molecule has 0 amide bonds. The number of rotatable bonds is 3. The summed E-state index contributed by atoms with van der Waals surface area (Å²) in [5.74, 6) is 0.253. The summed E-state index contributed by atoms with van der Waals surface area (Å²) in [7, 11) is 1.68. The molecular formula is C13H13BrN2O2S. The second-order valence-electron chi connectivity index (χ2n) is 3.76. The van der Waals surface area contributed by atoms with E-state index in [4.69, 9.17) is 0 Å². The summed E-state index contributed by atoms with van der Waals surface area (Å²) in [5, 5.41) is 9.33. The molecular weight excluding hydrogens is 328 g/mol. The van der Waals surface area contributed by atoms with Gasteiger partial charge in [0.25, 0.3) is 0 Å². The average molecular weight is 341 g/mol. The molecule has 1 unspecified atom stereocenters. The molecule has 6 heteroatoms. The molecule has 1 aliphatic rings. The van der Waals surface area contributed by atoms with Crippen LogP contribution in [0, 0.1) is 0 Å². The first-order valence-corrected chi connectivity index (χ1v) is 7.49. The number of allylic oxidation sites excluding steroid dienone is 4. The van der Waals surface area contributed by atoms with E-state index in [0.29, 0.717) is 0 Å². The Hall–Kier alpha value is -1.37. The van der Waals surface area contributed by atoms with Gasteiger partial charge in [0.1, 0.15) is 12.0 Å². The van der Waals surface area contributed by atoms with Crippen molar-refractivity contribution in [3.8, 4) is 5.75 Å². The Morgan fingerprint density at radius 2 is 2.00 bits per heavy atom. The van der Waals surface area contributed by atoms with E-state index < -0.39 is 0 Å². The number of nitrogens with one attached hydrogen (secondary N) is 1. The number of carbonyl (C=O) groups excluding carboxylic acids is 1. The smallest absolute Gasteiger partial charge is 0.142 e. The third-order valence-corrected chi connectivity index (χ3v) is 5.71. The second kappa shape index (κ2) is 6.18. The summed E-state index contributed by atoms with van der Waals surface area (Å²) in [6, 6.07) is 7.12. The molecule has 100 valence electrons. The molecule has 2 N–H and O–H groups in total. The Balaban J connectivity index is 2.37. The zero-order chi connectivity index (χ0) is 13.8. The summed E-state index contributed by atoms with van der Waals surface area (Å²) in [4.78, 5) is 11.3. The molecule has 1 aromatic rings. The van der Waals surface area contributed by atoms with Gasteiger partial charge in [-0.1, -0.05) is 16.7 Å². The van der Waals surface area contributed by atoms with Crippen LogP contribution in [0.15, 0.2) is 53.1 Å². The number of aromatic hydroxyl groups is 1. The summed E-state index contributed by atoms with van der Waals surface area (Å²) < 4.78 is 2.99. The van der Waals surface area contributed by atoms with Crippen LogP contribution in [0.5, 0.6) is 5.75 Å². The van der Waals surface area contributed by atoms with Gasteiger partial charge in [0.2, 0.25) is 0 Å². The number of phenols is 1. The van der Waals surface area contributed by atoms with Gasteiger partial charge < -0.3 is 10.5 Å². The zero-order valence-electron chi connectivity index (χ0n) is 10.2. The minimum Gasteiger partial charge on any atom is -0.508 e. The fraction of sp³-hybridized carbons (Fsp3) is 0.0769. The van der Waals surface area contributed by atoms with E-state index in [9.17, 15) is 9.90 Å². The van der Waals surface area contributed by atoms with Crippen molar-refractivity contribution in [2.24, 2.45) is 0 Å². The molecule has 2 rings (SSSR count). The Morgan fingerprint density at radius 1 is 1.32 bits per heavy atom. The molecule has 0 bridgehead atoms. The van der Waals surface area contributed by atoms with Crippen molar-refractivity contribution in [1.82, 2.24) is 9.84 Å². The van der Waals surface area contributed by atoms with Gasteiger partial charge in [0.05, 0.1) is 9.47 Å². The molecule has 0 spiro atoms. The van der Waals surface area contributed by atoms with E-state index in [1.54, 1.807) is 18.2 Å². The van der Waals surface area contributed by atoms with Crippen LogP contribution in [-0.2, 0) is 4.79 Å². The van der Waals surface area contributed by atoms with E-state index in [0.717, 1.165) is 20.7 Å². The van der Waals surface area contributed by atoms with Crippen molar-refractivity contribution in [3.63, 3.8) is 0 Å². The van der Waals surface area contributed by atoms with Gasteiger partial charge in [-0.05, 0) is 52.3 Å². The van der Waals surface area contributed by atoms with Gasteiger partial charge >= 0.3 is 0 Å². The van der Waals surface area contributed by atoms with Gasteiger partial charge in [-0.15, -0.1) is 0 Å². The molecule has 1 atom stereocenters. The summed E-state index contributed by atoms with van der Waals surface area (Å²) in [5.41, 5.74) is 4.13. The van der Waals surface area contributed by atoms with Gasteiger partial charge in [0, 0.05) is 11.9 Å². The highest BCUT2D eigenvalue weighted by Gasteiger charge is 2.22. The van der Waals surface area contributed by atoms with Crippen molar-refractivity contribution in [1.29, 1.82) is 0 Å². The molecule has 0 radical (unpaired) electrons. The Kier molecular flexibility index (Phi) is 4.57. The lowest BCUT2D eigenvalue weighted by Crippen LogP contribution is -2.23. The number of benzene rings is 1. The number of hydrogen-bond donors (Lipinski definition) is 2. The maximum Gasteiger partial charge on any atom is 0.142 e. The number of hydrogen-bond acceptors (Lipinski definition) is 4. The predicted octanol–water partition coefficient (Wildman–Crippen LogP) is 2.55. The van der Waals surface area contributed by atoms with Gasteiger partial charge in [-0.3, -0.25) is 4.79 Å². The van der Waals surface area contributed by atoms with Crippen molar-refractivity contribution in [2.75, 3.05) is 7.05 Å². The SMILES string of the molecule is CN1NC(=CC=CC=O)C(Br)=S1c1ccc(O)cc1. The number of carbonyl (C=O) groups is 1. The molecule has 4 nitrogen and oxygen atoms in total. The topological polar surface area (TPSA) is 52.6 Å². The third kappa shape index (κ3) is 3.15. The highest BCUT2D eigenvalue weighted by atomic mass is 79.9. The van der Waals surface area contributed by atoms with Gasteiger partial charge in [-0.2, -0.15) is 4.41 Å². The molecule has 0 aromatic heterocycles. The minimum atomic E-state index is -0.270. The van der Waals surface area contributed by atoms with Crippen molar-refractivity contribution >= 4 is 36.7 Å². The normalized spacial score (nSPS) is 22.1. The largest absolute Gasteiger partial charge is 0.508 e. The first-order chi connectivity index (χ1) is 9.13. The van der Waals surface area contributed by atoms with Crippen LogP contribution < -0.4 is 5.43 Å². The number of hydrazine groups is 1. The van der Waals surface area contributed by atoms with Crippen LogP contribution in [-0.4, -0.2) is 26.6 Å². The number of aldehydes is 1. The van der Waals surface area contributed by atoms with Crippen LogP contribution in [0.25, 0.3) is 0 Å². The fourth-order valence-electron chi connectivity index (χ4n) is 1.62. The summed E-state index contributed by atoms with van der Waals surface area (Å²) in [6.07, 6.45) is 5.70. The monoisotopic (exact) mass is 340 g/mol. The van der Waals surface area contributed by atoms with Crippen molar-refractivity contribution in [3.05, 3.63) is 48.2 Å². The van der Waals surface area contributed by atoms with E-state index in [-0.39, 0.29) is 16.4 Å². The van der Waals surface area contributed by atoms with Crippen LogP contribution in [0.1, 0.15) is 0 Å². The lowest BCUT2D eigenvalue weighted by Gasteiger charge is -2.15. The molecule has 0 saturated carbocycles. The summed E-state index contributed by atoms with van der Waals surface area (Å²) >= 11 is 3.59. The number of nitrogens with zero attached hydrogens (tertiary/aromatic N) is 1. The highest BCUT2D eigenvalue weighted by molar-refractivity contribution is 9.20. The standard InChI is InChI=1S/C13H13BrN2O2S/c1-16-15-12(4-2-3-9-17)13(14)19(16)11-7-5-10(18)6-8-11/h2-9,15,18H,1H3. The molecule has 1 aliphatic heterocycles. The van der Waals surface area contributed by atoms with E-state index in [2.05, 4.69) is 21.4 Å². The van der Waals surface area contributed by atoms with Crippen LogP contribution in [0.3, 0.4) is 0 Å². The Labute approximate surface area is 122 Å². The van der Waals surface area contributed by atoms with E-state index in [1.807, 2.05) is 29.7 Å². The predicted molar refractivity (Wildman–Crippen MR) is 82.1 cm³/mol. The molecule has 0 aliphatic carbocycles. The van der Waals surface area contributed by atoms with E-state index >= 15 is 0 Å². The van der Waals surface area contributed by atoms with Crippen LogP contribution >= 0.6 is 26.6 Å². The van der Waals surface area contributed by atoms with Crippen LogP contribution in [0.2, 0.25) is 0 Å². The molecule has 19 heavy (non-hydrogen) atoms. The van der Waals surface area contributed by atoms with Crippen LogP contribution in [0.4, 0.5) is 0 Å². The number of phenolic OH excluding ortho intramolecular Hbond substituents is 1. The lowest BCUT2D eigenvalue weighted by atomic mass is 10.3. The Morgan fingerprint density at radius 3 is 2.63 bits per heavy atom. The molecule has 1 heterocycles. The third-order valence-electron chi connectivity index (χ3n) is 2.45. The molecule has 1 aromatic carbocycles. The fourth-order valence-corrected chi connectivity index (χ4v) is 4.72. The number of halogens is 1. The highest BCUT2D eigenvalue weighted by Crippen LogP contribution is 2.38. The zero-order valence-corrected chi connectivity index (χ0v) is 12.6. The van der Waals surface area contributed by atoms with Crippen molar-refractivity contribution < 1.29 is 9.90 Å².